The Hall–Kier alpha value is -3.22. The van der Waals surface area contributed by atoms with E-state index in [1.54, 1.807) is 12.3 Å². The Labute approximate surface area is 124 Å². The van der Waals surface area contributed by atoms with Gasteiger partial charge in [0.25, 0.3) is 0 Å². The topological polar surface area (TPSA) is 87.0 Å². The number of hydrogen-bond acceptors (Lipinski definition) is 5. The number of imidazole rings is 1. The van der Waals surface area contributed by atoms with Crippen LogP contribution in [0.15, 0.2) is 47.0 Å². The Morgan fingerprint density at radius 1 is 1.23 bits per heavy atom. The van der Waals surface area contributed by atoms with Gasteiger partial charge in [-0.1, -0.05) is 0 Å². The van der Waals surface area contributed by atoms with Gasteiger partial charge in [-0.05, 0) is 30.3 Å². The zero-order chi connectivity index (χ0) is 15.3. The maximum atomic E-state index is 10.8. The molecule has 7 nitrogen and oxygen atoms in total. The number of furan rings is 1. The van der Waals surface area contributed by atoms with Gasteiger partial charge in [0.15, 0.2) is 11.6 Å². The number of aromatic nitrogens is 3. The third-order valence-corrected chi connectivity index (χ3v) is 3.62. The Morgan fingerprint density at radius 3 is 2.86 bits per heavy atom. The third-order valence-electron chi connectivity index (χ3n) is 3.62. The van der Waals surface area contributed by atoms with E-state index in [1.165, 1.54) is 6.07 Å². The molecule has 4 aromatic rings. The second-order valence-corrected chi connectivity index (χ2v) is 4.89. The summed E-state index contributed by atoms with van der Waals surface area (Å²) in [6.07, 6.45) is 1.73. The van der Waals surface area contributed by atoms with Gasteiger partial charge in [0.05, 0.1) is 22.6 Å². The molecule has 0 fully saturated rings. The predicted octanol–water partition coefficient (Wildman–Crippen LogP) is 3.29. The largest absolute Gasteiger partial charge is 0.433 e. The highest BCUT2D eigenvalue weighted by atomic mass is 16.6. The number of pyridine rings is 1. The van der Waals surface area contributed by atoms with E-state index >= 15 is 0 Å². The Balaban J connectivity index is 2.00. The fourth-order valence-electron chi connectivity index (χ4n) is 2.57. The number of fused-ring (bicyclic) bond motifs is 3. The molecule has 0 saturated heterocycles. The number of hydrogen-bond donors (Lipinski definition) is 0. The molecule has 3 heterocycles. The summed E-state index contributed by atoms with van der Waals surface area (Å²) in [4.78, 5) is 19.1. The standard InChI is InChI=1S/C15H10N4O3/c1-18-11-5-4-10-9(3-2-8-16-10)14(11)17-15(18)12-6-7-13(22-12)19(20)21/h2-8H,1H3. The van der Waals surface area contributed by atoms with Gasteiger partial charge in [0.1, 0.15) is 4.92 Å². The second-order valence-electron chi connectivity index (χ2n) is 4.89. The molecule has 0 spiro atoms. The smallest absolute Gasteiger partial charge is 0.397 e. The zero-order valence-electron chi connectivity index (χ0n) is 11.6. The van der Waals surface area contributed by atoms with Crippen molar-refractivity contribution in [3.8, 4) is 11.6 Å². The van der Waals surface area contributed by atoms with Crippen molar-refractivity contribution in [1.29, 1.82) is 0 Å². The number of rotatable bonds is 2. The maximum Gasteiger partial charge on any atom is 0.433 e. The quantitative estimate of drug-likeness (QED) is 0.418. The van der Waals surface area contributed by atoms with E-state index < -0.39 is 4.92 Å². The third kappa shape index (κ3) is 1.69. The summed E-state index contributed by atoms with van der Waals surface area (Å²) < 4.78 is 7.11. The van der Waals surface area contributed by atoms with E-state index in [0.29, 0.717) is 11.6 Å². The lowest BCUT2D eigenvalue weighted by atomic mass is 10.2. The van der Waals surface area contributed by atoms with Gasteiger partial charge in [0, 0.05) is 18.6 Å². The molecule has 0 unspecified atom stereocenters. The Kier molecular flexibility index (Phi) is 2.50. The molecular weight excluding hydrogens is 284 g/mol. The van der Waals surface area contributed by atoms with Crippen LogP contribution in [0.3, 0.4) is 0 Å². The van der Waals surface area contributed by atoms with Crippen molar-refractivity contribution < 1.29 is 9.34 Å². The molecule has 0 saturated carbocycles. The van der Waals surface area contributed by atoms with Crippen molar-refractivity contribution in [2.24, 2.45) is 7.05 Å². The van der Waals surface area contributed by atoms with E-state index in [-0.39, 0.29) is 5.88 Å². The summed E-state index contributed by atoms with van der Waals surface area (Å²) in [5.41, 5.74) is 2.56. The van der Waals surface area contributed by atoms with Crippen molar-refractivity contribution in [2.75, 3.05) is 0 Å². The van der Waals surface area contributed by atoms with E-state index in [0.717, 1.165) is 21.9 Å². The van der Waals surface area contributed by atoms with Crippen LogP contribution in [0, 0.1) is 10.1 Å². The van der Waals surface area contributed by atoms with E-state index in [4.69, 9.17) is 4.42 Å². The van der Waals surface area contributed by atoms with Crippen molar-refractivity contribution in [3.63, 3.8) is 0 Å². The van der Waals surface area contributed by atoms with Crippen LogP contribution in [0.4, 0.5) is 5.88 Å². The molecule has 7 heteroatoms. The summed E-state index contributed by atoms with van der Waals surface area (Å²) in [6.45, 7) is 0. The first-order valence-corrected chi connectivity index (χ1v) is 6.60. The van der Waals surface area contributed by atoms with Gasteiger partial charge in [-0.25, -0.2) is 4.98 Å². The summed E-state index contributed by atoms with van der Waals surface area (Å²) in [7, 11) is 1.85. The molecule has 0 bridgehead atoms. The summed E-state index contributed by atoms with van der Waals surface area (Å²) in [6, 6.07) is 10.5. The van der Waals surface area contributed by atoms with Crippen LogP contribution in [0.1, 0.15) is 0 Å². The van der Waals surface area contributed by atoms with Gasteiger partial charge in [0.2, 0.25) is 0 Å². The molecule has 22 heavy (non-hydrogen) atoms. The van der Waals surface area contributed by atoms with Crippen LogP contribution < -0.4 is 0 Å². The average molecular weight is 294 g/mol. The summed E-state index contributed by atoms with van der Waals surface area (Å²) >= 11 is 0. The van der Waals surface area contributed by atoms with Crippen molar-refractivity contribution in [3.05, 3.63) is 52.7 Å². The highest BCUT2D eigenvalue weighted by Crippen LogP contribution is 2.30. The molecule has 3 aromatic heterocycles. The Bertz CT molecular complexity index is 1030. The normalized spacial score (nSPS) is 11.3. The molecule has 0 radical (unpaired) electrons. The molecule has 4 rings (SSSR count). The minimum absolute atomic E-state index is 0.298. The first-order valence-electron chi connectivity index (χ1n) is 6.60. The second kappa shape index (κ2) is 4.39. The van der Waals surface area contributed by atoms with E-state index in [1.807, 2.05) is 35.9 Å². The monoisotopic (exact) mass is 294 g/mol. The summed E-state index contributed by atoms with van der Waals surface area (Å²) in [5, 5.41) is 11.7. The van der Waals surface area contributed by atoms with Crippen LogP contribution in [-0.2, 0) is 7.05 Å². The lowest BCUT2D eigenvalue weighted by molar-refractivity contribution is -0.401. The maximum absolute atomic E-state index is 10.8. The minimum atomic E-state index is -0.564. The molecule has 0 aliphatic carbocycles. The molecule has 0 aliphatic rings. The molecule has 0 atom stereocenters. The minimum Gasteiger partial charge on any atom is -0.397 e. The van der Waals surface area contributed by atoms with E-state index in [9.17, 15) is 10.1 Å². The lowest BCUT2D eigenvalue weighted by Gasteiger charge is -1.99. The number of nitro groups is 1. The highest BCUT2D eigenvalue weighted by molar-refractivity contribution is 6.03. The molecule has 108 valence electrons. The number of aryl methyl sites for hydroxylation is 1. The molecule has 0 N–H and O–H groups in total. The number of benzene rings is 1. The molecule has 0 amide bonds. The van der Waals surface area contributed by atoms with Crippen molar-refractivity contribution >= 4 is 27.8 Å². The number of nitrogens with zero attached hydrogens (tertiary/aromatic N) is 4. The first kappa shape index (κ1) is 12.5. The van der Waals surface area contributed by atoms with Gasteiger partial charge >= 0.3 is 5.88 Å². The highest BCUT2D eigenvalue weighted by Gasteiger charge is 2.18. The fourth-order valence-corrected chi connectivity index (χ4v) is 2.57. The van der Waals surface area contributed by atoms with Gasteiger partial charge in [-0.3, -0.25) is 15.1 Å². The van der Waals surface area contributed by atoms with Crippen molar-refractivity contribution in [2.45, 2.75) is 0 Å². The van der Waals surface area contributed by atoms with Crippen LogP contribution in [0.25, 0.3) is 33.5 Å². The van der Waals surface area contributed by atoms with Crippen LogP contribution in [-0.4, -0.2) is 19.5 Å². The molecule has 0 aliphatic heterocycles. The fraction of sp³-hybridized carbons (Fsp3) is 0.0667. The predicted molar refractivity (Wildman–Crippen MR) is 80.4 cm³/mol. The van der Waals surface area contributed by atoms with Gasteiger partial charge in [-0.2, -0.15) is 0 Å². The molecular formula is C15H10N4O3. The van der Waals surface area contributed by atoms with Crippen LogP contribution in [0.5, 0.6) is 0 Å². The summed E-state index contributed by atoms with van der Waals surface area (Å²) in [5.74, 6) is 0.607. The van der Waals surface area contributed by atoms with Crippen LogP contribution in [0.2, 0.25) is 0 Å². The van der Waals surface area contributed by atoms with Gasteiger partial charge < -0.3 is 8.98 Å². The Morgan fingerprint density at radius 2 is 2.09 bits per heavy atom. The lowest BCUT2D eigenvalue weighted by Crippen LogP contribution is -1.91. The van der Waals surface area contributed by atoms with E-state index in [2.05, 4.69) is 9.97 Å². The first-order chi connectivity index (χ1) is 10.6. The molecule has 1 aromatic carbocycles. The van der Waals surface area contributed by atoms with Crippen LogP contribution >= 0.6 is 0 Å². The van der Waals surface area contributed by atoms with Gasteiger partial charge in [-0.15, -0.1) is 0 Å². The SMILES string of the molecule is Cn1c(-c2ccc([N+](=O)[O-])o2)nc2c3cccnc3ccc21. The average Bonchev–Trinajstić information content (AvgIpc) is 3.12. The zero-order valence-corrected chi connectivity index (χ0v) is 11.6. The van der Waals surface area contributed by atoms with Crippen molar-refractivity contribution in [1.82, 2.24) is 14.5 Å².